The zero-order valence-electron chi connectivity index (χ0n) is 8.19. The van der Waals surface area contributed by atoms with Gasteiger partial charge in [0.1, 0.15) is 4.88 Å². The zero-order chi connectivity index (χ0) is 10.8. The number of hydrogen-bond donors (Lipinski definition) is 0. The van der Waals surface area contributed by atoms with Gasteiger partial charge in [0.05, 0.1) is 0 Å². The van der Waals surface area contributed by atoms with E-state index in [9.17, 15) is 13.2 Å². The fourth-order valence-electron chi connectivity index (χ4n) is 1.35. The predicted octanol–water partition coefficient (Wildman–Crippen LogP) is 4.67. The Bertz CT molecular complexity index is 288. The van der Waals surface area contributed by atoms with Gasteiger partial charge in [0, 0.05) is 4.88 Å². The highest BCUT2D eigenvalue weighted by molar-refractivity contribution is 7.12. The van der Waals surface area contributed by atoms with Crippen LogP contribution < -0.4 is 0 Å². The van der Waals surface area contributed by atoms with Gasteiger partial charge in [-0.1, -0.05) is 20.3 Å². The van der Waals surface area contributed by atoms with Crippen LogP contribution in [0, 0.1) is 0 Å². The lowest BCUT2D eigenvalue weighted by Gasteiger charge is -2.06. The largest absolute Gasteiger partial charge is 0.425 e. The van der Waals surface area contributed by atoms with Gasteiger partial charge in [0.15, 0.2) is 0 Å². The molecule has 4 heteroatoms. The molecule has 0 saturated carbocycles. The molecule has 1 aromatic rings. The van der Waals surface area contributed by atoms with Crippen LogP contribution in [-0.2, 0) is 6.18 Å². The Kier molecular flexibility index (Phi) is 3.59. The highest BCUT2D eigenvalue weighted by atomic mass is 32.1. The van der Waals surface area contributed by atoms with Crippen molar-refractivity contribution < 1.29 is 13.2 Å². The first-order chi connectivity index (χ1) is 6.45. The van der Waals surface area contributed by atoms with Gasteiger partial charge in [0.25, 0.3) is 0 Å². The molecule has 0 aliphatic rings. The number of alkyl halides is 3. The molecule has 0 bridgehead atoms. The topological polar surface area (TPSA) is 0 Å². The molecule has 0 amide bonds. The number of halogens is 3. The van der Waals surface area contributed by atoms with Crippen molar-refractivity contribution in [2.75, 3.05) is 0 Å². The fourth-order valence-corrected chi connectivity index (χ4v) is 2.31. The van der Waals surface area contributed by atoms with Crippen LogP contribution in [0.1, 0.15) is 42.4 Å². The van der Waals surface area contributed by atoms with E-state index in [1.165, 1.54) is 6.07 Å². The van der Waals surface area contributed by atoms with E-state index in [2.05, 4.69) is 0 Å². The van der Waals surface area contributed by atoms with Crippen LogP contribution in [0.3, 0.4) is 0 Å². The van der Waals surface area contributed by atoms with Crippen molar-refractivity contribution in [2.24, 2.45) is 0 Å². The molecule has 14 heavy (non-hydrogen) atoms. The van der Waals surface area contributed by atoms with Crippen molar-refractivity contribution in [3.8, 4) is 0 Å². The van der Waals surface area contributed by atoms with Gasteiger partial charge in [-0.25, -0.2) is 0 Å². The molecule has 80 valence electrons. The molecule has 0 N–H and O–H groups in total. The Balaban J connectivity index is 2.78. The highest BCUT2D eigenvalue weighted by Crippen LogP contribution is 2.37. The third-order valence-electron chi connectivity index (χ3n) is 2.11. The van der Waals surface area contributed by atoms with E-state index in [1.54, 1.807) is 6.07 Å². The lowest BCUT2D eigenvalue weighted by molar-refractivity contribution is -0.134. The third kappa shape index (κ3) is 2.74. The van der Waals surface area contributed by atoms with Gasteiger partial charge >= 0.3 is 6.18 Å². The van der Waals surface area contributed by atoms with Crippen LogP contribution in [-0.4, -0.2) is 0 Å². The molecule has 1 aromatic heterocycles. The van der Waals surface area contributed by atoms with Gasteiger partial charge in [-0.05, 0) is 24.5 Å². The summed E-state index contributed by atoms with van der Waals surface area (Å²) in [7, 11) is 0. The summed E-state index contributed by atoms with van der Waals surface area (Å²) in [5.41, 5.74) is 0. The first kappa shape index (κ1) is 11.6. The van der Waals surface area contributed by atoms with Crippen LogP contribution in [0.2, 0.25) is 0 Å². The lowest BCUT2D eigenvalue weighted by Crippen LogP contribution is -2.00. The first-order valence-corrected chi connectivity index (χ1v) is 5.43. The third-order valence-corrected chi connectivity index (χ3v) is 3.48. The van der Waals surface area contributed by atoms with Gasteiger partial charge < -0.3 is 0 Å². The number of hydrogen-bond acceptors (Lipinski definition) is 1. The maximum atomic E-state index is 12.3. The standard InChI is InChI=1S/C10H13F3S/c1-3-4-7(2)8-5-6-9(14-8)10(11,12)13/h5-7H,3-4H2,1-2H3. The predicted molar refractivity (Wildman–Crippen MR) is 52.6 cm³/mol. The van der Waals surface area contributed by atoms with Gasteiger partial charge in [-0.2, -0.15) is 13.2 Å². The van der Waals surface area contributed by atoms with E-state index in [0.717, 1.165) is 29.1 Å². The average Bonchev–Trinajstić information content (AvgIpc) is 2.51. The molecule has 0 saturated heterocycles. The van der Waals surface area contributed by atoms with Gasteiger partial charge in [-0.3, -0.25) is 0 Å². The summed E-state index contributed by atoms with van der Waals surface area (Å²) in [5.74, 6) is 0.237. The molecule has 0 aliphatic heterocycles. The van der Waals surface area contributed by atoms with E-state index in [-0.39, 0.29) is 5.92 Å². The quantitative estimate of drug-likeness (QED) is 0.697. The Hall–Kier alpha value is -0.510. The first-order valence-electron chi connectivity index (χ1n) is 4.62. The highest BCUT2D eigenvalue weighted by Gasteiger charge is 2.32. The van der Waals surface area contributed by atoms with Crippen LogP contribution in [0.4, 0.5) is 13.2 Å². The Labute approximate surface area is 85.8 Å². The molecule has 1 atom stereocenters. The molecule has 1 unspecified atom stereocenters. The molecule has 0 nitrogen and oxygen atoms in total. The second kappa shape index (κ2) is 4.34. The molecule has 0 aromatic carbocycles. The van der Waals surface area contributed by atoms with Crippen molar-refractivity contribution >= 4 is 11.3 Å². The maximum absolute atomic E-state index is 12.3. The molecule has 1 heterocycles. The van der Waals surface area contributed by atoms with E-state index < -0.39 is 11.1 Å². The number of rotatable bonds is 3. The second-order valence-corrected chi connectivity index (χ2v) is 4.50. The van der Waals surface area contributed by atoms with E-state index in [1.807, 2.05) is 13.8 Å². The molecular weight excluding hydrogens is 209 g/mol. The Morgan fingerprint density at radius 1 is 1.36 bits per heavy atom. The Morgan fingerprint density at radius 2 is 2.00 bits per heavy atom. The summed E-state index contributed by atoms with van der Waals surface area (Å²) < 4.78 is 36.8. The summed E-state index contributed by atoms with van der Waals surface area (Å²) >= 11 is 0.863. The lowest BCUT2D eigenvalue weighted by atomic mass is 10.1. The zero-order valence-corrected chi connectivity index (χ0v) is 9.00. The minimum atomic E-state index is -4.19. The number of thiophene rings is 1. The summed E-state index contributed by atoms with van der Waals surface area (Å²) in [5, 5.41) is 0. The van der Waals surface area contributed by atoms with Crippen molar-refractivity contribution in [2.45, 2.75) is 38.8 Å². The van der Waals surface area contributed by atoms with Crippen LogP contribution in [0.5, 0.6) is 0 Å². The smallest absolute Gasteiger partial charge is 0.165 e. The minimum Gasteiger partial charge on any atom is -0.165 e. The summed E-state index contributed by atoms with van der Waals surface area (Å²) in [4.78, 5) is 0.342. The molecular formula is C10H13F3S. The van der Waals surface area contributed by atoms with Crippen molar-refractivity contribution in [1.82, 2.24) is 0 Å². The summed E-state index contributed by atoms with van der Waals surface area (Å²) in [6, 6.07) is 2.76. The summed E-state index contributed by atoms with van der Waals surface area (Å²) in [6.07, 6.45) is -2.24. The monoisotopic (exact) mass is 222 g/mol. The molecule has 0 fully saturated rings. The van der Waals surface area contributed by atoms with Crippen LogP contribution in [0.25, 0.3) is 0 Å². The molecule has 0 radical (unpaired) electrons. The van der Waals surface area contributed by atoms with Crippen molar-refractivity contribution in [3.63, 3.8) is 0 Å². The fraction of sp³-hybridized carbons (Fsp3) is 0.600. The SMILES string of the molecule is CCCC(C)c1ccc(C(F)(F)F)s1. The van der Waals surface area contributed by atoms with Crippen LogP contribution in [0.15, 0.2) is 12.1 Å². The molecule has 0 spiro atoms. The van der Waals surface area contributed by atoms with Crippen LogP contribution >= 0.6 is 11.3 Å². The van der Waals surface area contributed by atoms with Gasteiger partial charge in [-0.15, -0.1) is 11.3 Å². The van der Waals surface area contributed by atoms with Gasteiger partial charge in [0.2, 0.25) is 0 Å². The van der Waals surface area contributed by atoms with Crippen molar-refractivity contribution in [1.29, 1.82) is 0 Å². The van der Waals surface area contributed by atoms with E-state index in [4.69, 9.17) is 0 Å². The molecule has 1 rings (SSSR count). The van der Waals surface area contributed by atoms with E-state index >= 15 is 0 Å². The Morgan fingerprint density at radius 3 is 2.43 bits per heavy atom. The normalized spacial score (nSPS) is 14.4. The maximum Gasteiger partial charge on any atom is 0.425 e. The average molecular weight is 222 g/mol. The van der Waals surface area contributed by atoms with E-state index in [0.29, 0.717) is 0 Å². The van der Waals surface area contributed by atoms with Crippen molar-refractivity contribution in [3.05, 3.63) is 21.9 Å². The second-order valence-electron chi connectivity index (χ2n) is 3.39. The minimum absolute atomic E-state index is 0.237. The molecule has 0 aliphatic carbocycles. The summed E-state index contributed by atoms with van der Waals surface area (Å²) in [6.45, 7) is 4.00.